The van der Waals surface area contributed by atoms with Gasteiger partial charge >= 0.3 is 11.9 Å². The number of carbonyl (C=O) groups excluding carboxylic acids is 1. The summed E-state index contributed by atoms with van der Waals surface area (Å²) in [5, 5.41) is 9.14. The Morgan fingerprint density at radius 2 is 1.54 bits per heavy atom. The summed E-state index contributed by atoms with van der Waals surface area (Å²) >= 11 is 0. The number of carbonyl (C=O) groups is 2. The van der Waals surface area contributed by atoms with Crippen LogP contribution in [0, 0.1) is 0 Å². The van der Waals surface area contributed by atoms with Crippen LogP contribution >= 0.6 is 12.4 Å². The highest BCUT2D eigenvalue weighted by Gasteiger charge is 2.23. The Morgan fingerprint density at radius 1 is 1.00 bits per heavy atom. The van der Waals surface area contributed by atoms with E-state index in [0.717, 1.165) is 12.8 Å². The Morgan fingerprint density at radius 3 is 2.07 bits per heavy atom. The Bertz CT molecular complexity index is 505. The van der Waals surface area contributed by atoms with Gasteiger partial charge in [-0.1, -0.05) is 71.1 Å². The molecule has 0 saturated carbocycles. The summed E-state index contributed by atoms with van der Waals surface area (Å²) in [6.45, 7) is 4.13. The highest BCUT2D eigenvalue weighted by molar-refractivity contribution is 5.88. The van der Waals surface area contributed by atoms with E-state index >= 15 is 0 Å². The molecule has 0 aromatic carbocycles. The van der Waals surface area contributed by atoms with E-state index in [1.165, 1.54) is 57.8 Å². The normalized spacial score (nSPS) is 15.7. The standard InChI is InChI=1S/C22H37NO4.ClH/c1-3-4-5-6-7-8-9-10-11-12-13-16-21(24)27-18-23-17-14-15-20(19(23)2)22(25)26;/h14-15,17,19H,3-13,16,18H2,1-2H3,(H,25,26);1H. The van der Waals surface area contributed by atoms with Gasteiger partial charge in [0.25, 0.3) is 0 Å². The van der Waals surface area contributed by atoms with Crippen molar-refractivity contribution in [1.29, 1.82) is 0 Å². The van der Waals surface area contributed by atoms with Crippen LogP contribution in [0.4, 0.5) is 0 Å². The third-order valence-electron chi connectivity index (χ3n) is 5.11. The summed E-state index contributed by atoms with van der Waals surface area (Å²) < 4.78 is 5.29. The maximum Gasteiger partial charge on any atom is 0.333 e. The Labute approximate surface area is 176 Å². The maximum atomic E-state index is 11.9. The second kappa shape index (κ2) is 16.5. The molecule has 0 amide bonds. The lowest BCUT2D eigenvalue weighted by atomic mass is 10.1. The average Bonchev–Trinajstić information content (AvgIpc) is 2.65. The number of esters is 1. The van der Waals surface area contributed by atoms with Gasteiger partial charge in [-0.3, -0.25) is 4.79 Å². The highest BCUT2D eigenvalue weighted by atomic mass is 35.5. The van der Waals surface area contributed by atoms with Crippen LogP contribution in [0.2, 0.25) is 0 Å². The third-order valence-corrected chi connectivity index (χ3v) is 5.11. The van der Waals surface area contributed by atoms with Gasteiger partial charge in [0.2, 0.25) is 0 Å². The predicted octanol–water partition coefficient (Wildman–Crippen LogP) is 5.84. The lowest BCUT2D eigenvalue weighted by molar-refractivity contribution is -0.148. The summed E-state index contributed by atoms with van der Waals surface area (Å²) in [4.78, 5) is 24.7. The van der Waals surface area contributed by atoms with Crippen molar-refractivity contribution < 1.29 is 19.4 Å². The molecular formula is C22H38ClNO4. The minimum Gasteiger partial charge on any atom is -0.478 e. The third kappa shape index (κ3) is 11.4. The molecule has 162 valence electrons. The summed E-state index contributed by atoms with van der Waals surface area (Å²) in [5.41, 5.74) is 0.305. The number of unbranched alkanes of at least 4 members (excludes halogenated alkanes) is 10. The first-order valence-corrected chi connectivity index (χ1v) is 10.6. The molecule has 1 unspecified atom stereocenters. The molecule has 1 heterocycles. The summed E-state index contributed by atoms with van der Waals surface area (Å²) in [7, 11) is 0. The first-order chi connectivity index (χ1) is 13.1. The van der Waals surface area contributed by atoms with Gasteiger partial charge in [0.1, 0.15) is 0 Å². The van der Waals surface area contributed by atoms with Crippen LogP contribution in [-0.2, 0) is 14.3 Å². The molecule has 6 heteroatoms. The number of carboxylic acids is 1. The highest BCUT2D eigenvalue weighted by Crippen LogP contribution is 2.17. The van der Waals surface area contributed by atoms with E-state index in [0.29, 0.717) is 12.0 Å². The zero-order valence-electron chi connectivity index (χ0n) is 17.5. The lowest BCUT2D eigenvalue weighted by Gasteiger charge is -2.29. The van der Waals surface area contributed by atoms with E-state index < -0.39 is 5.97 Å². The van der Waals surface area contributed by atoms with Crippen LogP contribution in [0.25, 0.3) is 0 Å². The van der Waals surface area contributed by atoms with E-state index in [2.05, 4.69) is 6.92 Å². The van der Waals surface area contributed by atoms with Crippen LogP contribution in [0.1, 0.15) is 90.9 Å². The molecule has 0 saturated heterocycles. The van der Waals surface area contributed by atoms with Crippen molar-refractivity contribution >= 4 is 24.3 Å². The topological polar surface area (TPSA) is 66.8 Å². The van der Waals surface area contributed by atoms with E-state index in [1.807, 2.05) is 0 Å². The van der Waals surface area contributed by atoms with Crippen molar-refractivity contribution in [3.8, 4) is 0 Å². The van der Waals surface area contributed by atoms with Crippen molar-refractivity contribution in [2.45, 2.75) is 96.9 Å². The summed E-state index contributed by atoms with van der Waals surface area (Å²) in [6, 6.07) is -0.303. The zero-order chi connectivity index (χ0) is 19.9. The number of halogens is 1. The number of aliphatic carboxylic acids is 1. The molecule has 1 atom stereocenters. The number of ether oxygens (including phenoxy) is 1. The van der Waals surface area contributed by atoms with Gasteiger partial charge in [-0.25, -0.2) is 4.79 Å². The minimum atomic E-state index is -0.941. The van der Waals surface area contributed by atoms with Crippen molar-refractivity contribution in [3.05, 3.63) is 23.9 Å². The molecule has 1 N–H and O–H groups in total. The molecule has 1 rings (SSSR count). The number of rotatable bonds is 15. The molecule has 0 spiro atoms. The zero-order valence-corrected chi connectivity index (χ0v) is 18.3. The lowest BCUT2D eigenvalue weighted by Crippen LogP contribution is -2.36. The maximum absolute atomic E-state index is 11.9. The van der Waals surface area contributed by atoms with E-state index in [-0.39, 0.29) is 31.1 Å². The van der Waals surface area contributed by atoms with E-state index in [1.54, 1.807) is 30.2 Å². The quantitative estimate of drug-likeness (QED) is 0.269. The summed E-state index contributed by atoms with van der Waals surface area (Å²) in [5.74, 6) is -1.15. The SMILES string of the molecule is CCCCCCCCCCCCCC(=O)OCN1C=CC=C(C(=O)O)C1C.Cl. The molecule has 0 fully saturated rings. The fraction of sp³-hybridized carbons (Fsp3) is 0.727. The molecule has 5 nitrogen and oxygen atoms in total. The van der Waals surface area contributed by atoms with Gasteiger partial charge in [0.15, 0.2) is 6.73 Å². The van der Waals surface area contributed by atoms with Crippen LogP contribution in [-0.4, -0.2) is 34.7 Å². The number of hydrogen-bond donors (Lipinski definition) is 1. The molecular weight excluding hydrogens is 378 g/mol. The second-order valence-corrected chi connectivity index (χ2v) is 7.39. The number of allylic oxidation sites excluding steroid dienone is 2. The first kappa shape index (κ1) is 26.5. The molecule has 1 aliphatic heterocycles. The van der Waals surface area contributed by atoms with Gasteiger partial charge in [-0.15, -0.1) is 12.4 Å². The van der Waals surface area contributed by atoms with Crippen molar-refractivity contribution in [3.63, 3.8) is 0 Å². The number of hydrogen-bond acceptors (Lipinski definition) is 4. The van der Waals surface area contributed by atoms with Gasteiger partial charge in [-0.05, 0) is 25.5 Å². The van der Waals surface area contributed by atoms with Gasteiger partial charge in [0.05, 0.1) is 11.6 Å². The monoisotopic (exact) mass is 415 g/mol. The molecule has 0 aromatic rings. The fourth-order valence-corrected chi connectivity index (χ4v) is 3.26. The fourth-order valence-electron chi connectivity index (χ4n) is 3.26. The molecule has 0 aliphatic carbocycles. The van der Waals surface area contributed by atoms with Gasteiger partial charge < -0.3 is 14.7 Å². The van der Waals surface area contributed by atoms with Crippen molar-refractivity contribution in [1.82, 2.24) is 4.90 Å². The first-order valence-electron chi connectivity index (χ1n) is 10.6. The van der Waals surface area contributed by atoms with Gasteiger partial charge in [-0.2, -0.15) is 0 Å². The van der Waals surface area contributed by atoms with Crippen molar-refractivity contribution in [2.75, 3.05) is 6.73 Å². The van der Waals surface area contributed by atoms with Gasteiger partial charge in [0, 0.05) is 12.6 Å². The number of nitrogens with zero attached hydrogens (tertiary/aromatic N) is 1. The van der Waals surface area contributed by atoms with Crippen LogP contribution in [0.15, 0.2) is 23.9 Å². The minimum absolute atomic E-state index is 0. The smallest absolute Gasteiger partial charge is 0.333 e. The second-order valence-electron chi connectivity index (χ2n) is 7.39. The van der Waals surface area contributed by atoms with Crippen LogP contribution in [0.5, 0.6) is 0 Å². The number of carboxylic acid groups (broad SMARTS) is 1. The molecule has 28 heavy (non-hydrogen) atoms. The Balaban J connectivity index is 0.00000729. The van der Waals surface area contributed by atoms with E-state index in [9.17, 15) is 9.59 Å². The molecule has 0 aromatic heterocycles. The van der Waals surface area contributed by atoms with Crippen LogP contribution in [0.3, 0.4) is 0 Å². The largest absolute Gasteiger partial charge is 0.478 e. The Kier molecular flexibility index (Phi) is 15.6. The van der Waals surface area contributed by atoms with E-state index in [4.69, 9.17) is 9.84 Å². The van der Waals surface area contributed by atoms with Crippen LogP contribution < -0.4 is 0 Å². The average molecular weight is 416 g/mol. The predicted molar refractivity (Wildman–Crippen MR) is 115 cm³/mol. The summed E-state index contributed by atoms with van der Waals surface area (Å²) in [6.07, 6.45) is 19.2. The molecule has 0 bridgehead atoms. The molecule has 1 aliphatic rings. The Hall–Kier alpha value is -1.49. The van der Waals surface area contributed by atoms with Crippen molar-refractivity contribution in [2.24, 2.45) is 0 Å². The molecule has 0 radical (unpaired) electrons.